The molecule has 0 radical (unpaired) electrons. The van der Waals surface area contributed by atoms with Crippen LogP contribution in [0.3, 0.4) is 0 Å². The molecule has 1 unspecified atom stereocenters. The minimum atomic E-state index is -0.770. The molecule has 0 aromatic rings. The lowest BCUT2D eigenvalue weighted by Gasteiger charge is -2.18. The van der Waals surface area contributed by atoms with Gasteiger partial charge in [0.2, 0.25) is 0 Å². The summed E-state index contributed by atoms with van der Waals surface area (Å²) in [6, 6.07) is 0. The third kappa shape index (κ3) is 56.8. The fourth-order valence-electron chi connectivity index (χ4n) is 9.44. The second-order valence-electron chi connectivity index (χ2n) is 21.3. The number of carbonyl (C=O) groups is 3. The molecule has 0 fully saturated rings. The zero-order chi connectivity index (χ0) is 50.7. The van der Waals surface area contributed by atoms with Gasteiger partial charge in [0.05, 0.1) is 0 Å². The van der Waals surface area contributed by atoms with Gasteiger partial charge >= 0.3 is 17.9 Å². The van der Waals surface area contributed by atoms with Gasteiger partial charge < -0.3 is 14.2 Å². The van der Waals surface area contributed by atoms with E-state index in [-0.39, 0.29) is 31.1 Å². The molecular weight excluding hydrogens is 865 g/mol. The Morgan fingerprint density at radius 3 is 0.729 bits per heavy atom. The lowest BCUT2D eigenvalue weighted by molar-refractivity contribution is -0.167. The van der Waals surface area contributed by atoms with Crippen molar-refractivity contribution in [2.45, 2.75) is 354 Å². The predicted molar refractivity (Wildman–Crippen MR) is 303 cm³/mol. The summed E-state index contributed by atoms with van der Waals surface area (Å²) < 4.78 is 16.9. The highest BCUT2D eigenvalue weighted by Crippen LogP contribution is 2.17. The van der Waals surface area contributed by atoms with E-state index in [0.29, 0.717) is 19.3 Å². The van der Waals surface area contributed by atoms with E-state index in [1.165, 1.54) is 244 Å². The molecule has 6 heteroatoms. The predicted octanol–water partition coefficient (Wildman–Crippen LogP) is 21.1. The van der Waals surface area contributed by atoms with Crippen LogP contribution in [0.2, 0.25) is 0 Å². The van der Waals surface area contributed by atoms with Crippen molar-refractivity contribution < 1.29 is 28.6 Å². The summed E-state index contributed by atoms with van der Waals surface area (Å²) in [7, 11) is 0. The highest BCUT2D eigenvalue weighted by atomic mass is 16.6. The molecule has 0 aliphatic heterocycles. The highest BCUT2D eigenvalue weighted by molar-refractivity contribution is 5.71. The molecule has 0 N–H and O–H groups in total. The maximum Gasteiger partial charge on any atom is 0.306 e. The zero-order valence-electron chi connectivity index (χ0n) is 47.3. The van der Waals surface area contributed by atoms with Crippen molar-refractivity contribution in [1.29, 1.82) is 0 Å². The number of hydrogen-bond donors (Lipinski definition) is 0. The third-order valence-electron chi connectivity index (χ3n) is 14.2. The Balaban J connectivity index is 4.21. The fraction of sp³-hybridized carbons (Fsp3) is 0.891. The van der Waals surface area contributed by atoms with Gasteiger partial charge in [0, 0.05) is 19.3 Å². The number of hydrogen-bond acceptors (Lipinski definition) is 6. The molecule has 0 rings (SSSR count). The van der Waals surface area contributed by atoms with Gasteiger partial charge in [-0.3, -0.25) is 14.4 Å². The smallest absolute Gasteiger partial charge is 0.306 e. The van der Waals surface area contributed by atoms with Gasteiger partial charge in [0.1, 0.15) is 13.2 Å². The second-order valence-corrected chi connectivity index (χ2v) is 21.3. The largest absolute Gasteiger partial charge is 0.462 e. The standard InChI is InChI=1S/C64H120O6/c1-4-7-10-13-16-19-22-25-27-28-29-30-31-32-33-34-35-36-37-40-42-45-48-51-54-57-63(66)69-60-61(59-68-62(65)56-53-50-47-44-41-38-24-21-18-15-12-9-6-3)70-64(67)58-55-52-49-46-43-39-26-23-20-17-14-11-8-5-2/h21,24,28-29,61H,4-20,22-23,25-27,30-60H2,1-3H3/b24-21-,29-28-. The Morgan fingerprint density at radius 1 is 0.271 bits per heavy atom. The van der Waals surface area contributed by atoms with E-state index in [0.717, 1.165) is 64.2 Å². The summed E-state index contributed by atoms with van der Waals surface area (Å²) in [5, 5.41) is 0. The number of ether oxygens (including phenoxy) is 3. The van der Waals surface area contributed by atoms with Gasteiger partial charge in [-0.1, -0.05) is 283 Å². The van der Waals surface area contributed by atoms with Gasteiger partial charge in [-0.25, -0.2) is 0 Å². The molecule has 0 aliphatic rings. The van der Waals surface area contributed by atoms with Crippen LogP contribution in [0.4, 0.5) is 0 Å². The van der Waals surface area contributed by atoms with Crippen LogP contribution in [0.25, 0.3) is 0 Å². The molecule has 1 atom stereocenters. The van der Waals surface area contributed by atoms with E-state index in [9.17, 15) is 14.4 Å². The summed E-state index contributed by atoms with van der Waals surface area (Å²) in [5.41, 5.74) is 0. The summed E-state index contributed by atoms with van der Waals surface area (Å²) in [5.74, 6) is -0.855. The first kappa shape index (κ1) is 67.9. The zero-order valence-corrected chi connectivity index (χ0v) is 47.3. The molecule has 0 aromatic heterocycles. The molecule has 0 heterocycles. The summed E-state index contributed by atoms with van der Waals surface area (Å²) in [6.45, 7) is 6.67. The van der Waals surface area contributed by atoms with Crippen LogP contribution in [0.5, 0.6) is 0 Å². The first-order valence-corrected chi connectivity index (χ1v) is 31.3. The van der Waals surface area contributed by atoms with Gasteiger partial charge in [0.15, 0.2) is 6.10 Å². The van der Waals surface area contributed by atoms with Crippen LogP contribution in [0.15, 0.2) is 24.3 Å². The fourth-order valence-corrected chi connectivity index (χ4v) is 9.44. The van der Waals surface area contributed by atoms with Crippen molar-refractivity contribution >= 4 is 17.9 Å². The molecule has 0 amide bonds. The van der Waals surface area contributed by atoms with Crippen LogP contribution in [0.1, 0.15) is 348 Å². The van der Waals surface area contributed by atoms with Crippen molar-refractivity contribution in [3.05, 3.63) is 24.3 Å². The first-order valence-electron chi connectivity index (χ1n) is 31.3. The topological polar surface area (TPSA) is 78.9 Å². The lowest BCUT2D eigenvalue weighted by atomic mass is 10.0. The Hall–Kier alpha value is -2.11. The molecule has 0 aromatic carbocycles. The Kier molecular flexibility index (Phi) is 57.7. The van der Waals surface area contributed by atoms with Crippen LogP contribution >= 0.6 is 0 Å². The molecular formula is C64H120O6. The first-order chi connectivity index (χ1) is 34.5. The van der Waals surface area contributed by atoms with E-state index in [4.69, 9.17) is 14.2 Å². The summed E-state index contributed by atoms with van der Waals surface area (Å²) in [4.78, 5) is 38.2. The molecule has 0 saturated heterocycles. The van der Waals surface area contributed by atoms with E-state index < -0.39 is 6.10 Å². The van der Waals surface area contributed by atoms with Gasteiger partial charge in [-0.2, -0.15) is 0 Å². The van der Waals surface area contributed by atoms with Gasteiger partial charge in [0.25, 0.3) is 0 Å². The lowest BCUT2D eigenvalue weighted by Crippen LogP contribution is -2.30. The van der Waals surface area contributed by atoms with E-state index >= 15 is 0 Å². The van der Waals surface area contributed by atoms with Crippen molar-refractivity contribution in [3.63, 3.8) is 0 Å². The molecule has 0 spiro atoms. The van der Waals surface area contributed by atoms with Crippen molar-refractivity contribution in [2.75, 3.05) is 13.2 Å². The average molecular weight is 986 g/mol. The van der Waals surface area contributed by atoms with Crippen molar-refractivity contribution in [2.24, 2.45) is 0 Å². The Morgan fingerprint density at radius 2 is 0.471 bits per heavy atom. The third-order valence-corrected chi connectivity index (χ3v) is 14.2. The number of allylic oxidation sites excluding steroid dienone is 4. The van der Waals surface area contributed by atoms with Gasteiger partial charge in [-0.05, 0) is 70.6 Å². The van der Waals surface area contributed by atoms with Crippen molar-refractivity contribution in [1.82, 2.24) is 0 Å². The quantitative estimate of drug-likeness (QED) is 0.0261. The molecule has 6 nitrogen and oxygen atoms in total. The average Bonchev–Trinajstić information content (AvgIpc) is 3.36. The molecule has 0 saturated carbocycles. The number of rotatable bonds is 58. The highest BCUT2D eigenvalue weighted by Gasteiger charge is 2.19. The normalized spacial score (nSPS) is 12.1. The monoisotopic (exact) mass is 985 g/mol. The van der Waals surface area contributed by atoms with Crippen LogP contribution in [-0.2, 0) is 28.6 Å². The Bertz CT molecular complexity index is 1130. The molecule has 412 valence electrons. The van der Waals surface area contributed by atoms with E-state index in [1.54, 1.807) is 0 Å². The van der Waals surface area contributed by atoms with Crippen LogP contribution in [0, 0.1) is 0 Å². The SMILES string of the molecule is CCCCCC/C=C\CCCCCCCC(=O)OCC(COC(=O)CCCCCCCCCCCCCCC/C=C\CCCCCCCCCC)OC(=O)CCCCCCCCCCCCCCCC. The van der Waals surface area contributed by atoms with Crippen molar-refractivity contribution in [3.8, 4) is 0 Å². The van der Waals surface area contributed by atoms with Crippen LogP contribution < -0.4 is 0 Å². The second kappa shape index (κ2) is 59.5. The maximum absolute atomic E-state index is 12.9. The number of carbonyl (C=O) groups excluding carboxylic acids is 3. The summed E-state index contributed by atoms with van der Waals surface area (Å²) >= 11 is 0. The Labute approximate surface area is 436 Å². The molecule has 70 heavy (non-hydrogen) atoms. The molecule has 0 aliphatic carbocycles. The molecule has 0 bridgehead atoms. The number of esters is 3. The minimum Gasteiger partial charge on any atom is -0.462 e. The van der Waals surface area contributed by atoms with E-state index in [2.05, 4.69) is 45.1 Å². The van der Waals surface area contributed by atoms with Crippen LogP contribution in [-0.4, -0.2) is 37.2 Å². The maximum atomic E-state index is 12.9. The van der Waals surface area contributed by atoms with Gasteiger partial charge in [-0.15, -0.1) is 0 Å². The minimum absolute atomic E-state index is 0.0689. The number of unbranched alkanes of at least 4 members (excludes halogenated alkanes) is 43. The van der Waals surface area contributed by atoms with E-state index in [1.807, 2.05) is 0 Å². The summed E-state index contributed by atoms with van der Waals surface area (Å²) in [6.07, 6.45) is 70.4.